The molecule has 0 aromatic heterocycles. The molecule has 0 bridgehead atoms. The first kappa shape index (κ1) is 7.03. The van der Waals surface area contributed by atoms with E-state index in [4.69, 9.17) is 4.74 Å². The van der Waals surface area contributed by atoms with E-state index in [1.807, 2.05) is 0 Å². The second-order valence-electron chi connectivity index (χ2n) is 2.16. The minimum atomic E-state index is 0.448. The standard InChI is InChI=1S/C7H9NO2/c9-6-8-4-7-2-1-3-10-5-7/h5H,1-4H2. The highest BCUT2D eigenvalue weighted by atomic mass is 16.5. The average molecular weight is 139 g/mol. The minimum Gasteiger partial charge on any atom is -0.501 e. The highest BCUT2D eigenvalue weighted by Crippen LogP contribution is 2.10. The maximum atomic E-state index is 9.69. The Morgan fingerprint density at radius 2 is 2.70 bits per heavy atom. The van der Waals surface area contributed by atoms with E-state index in [9.17, 15) is 4.79 Å². The second kappa shape index (κ2) is 3.85. The third kappa shape index (κ3) is 2.03. The van der Waals surface area contributed by atoms with Crippen LogP contribution in [0.4, 0.5) is 0 Å². The predicted molar refractivity (Wildman–Crippen MR) is 36.3 cm³/mol. The molecule has 0 fully saturated rings. The molecular formula is C7H9NO2. The Kier molecular flexibility index (Phi) is 2.71. The number of nitrogens with zero attached hydrogens (tertiary/aromatic N) is 1. The highest BCUT2D eigenvalue weighted by Gasteiger charge is 2.01. The van der Waals surface area contributed by atoms with Gasteiger partial charge in [0, 0.05) is 0 Å². The smallest absolute Gasteiger partial charge is 0.235 e. The van der Waals surface area contributed by atoms with Crippen molar-refractivity contribution in [3.63, 3.8) is 0 Å². The zero-order valence-corrected chi connectivity index (χ0v) is 5.67. The van der Waals surface area contributed by atoms with E-state index in [-0.39, 0.29) is 0 Å². The number of hydrogen-bond donors (Lipinski definition) is 0. The van der Waals surface area contributed by atoms with E-state index in [1.165, 1.54) is 6.08 Å². The lowest BCUT2D eigenvalue weighted by Crippen LogP contribution is -2.00. The zero-order valence-electron chi connectivity index (χ0n) is 5.67. The normalized spacial score (nSPS) is 16.6. The van der Waals surface area contributed by atoms with Gasteiger partial charge in [0.1, 0.15) is 0 Å². The Labute approximate surface area is 59.4 Å². The molecule has 0 unspecified atom stereocenters. The summed E-state index contributed by atoms with van der Waals surface area (Å²) in [6, 6.07) is 0. The van der Waals surface area contributed by atoms with E-state index < -0.39 is 0 Å². The maximum absolute atomic E-state index is 9.69. The molecule has 0 saturated heterocycles. The maximum Gasteiger partial charge on any atom is 0.235 e. The lowest BCUT2D eigenvalue weighted by Gasteiger charge is -2.10. The molecule has 1 rings (SSSR count). The van der Waals surface area contributed by atoms with Crippen LogP contribution in [0, 0.1) is 0 Å². The summed E-state index contributed by atoms with van der Waals surface area (Å²) in [7, 11) is 0. The molecule has 0 N–H and O–H groups in total. The van der Waals surface area contributed by atoms with Gasteiger partial charge in [0.25, 0.3) is 0 Å². The van der Waals surface area contributed by atoms with E-state index >= 15 is 0 Å². The predicted octanol–water partition coefficient (Wildman–Crippen LogP) is 1.02. The van der Waals surface area contributed by atoms with E-state index in [0.29, 0.717) is 6.54 Å². The second-order valence-corrected chi connectivity index (χ2v) is 2.16. The van der Waals surface area contributed by atoms with Gasteiger partial charge in [-0.25, -0.2) is 9.79 Å². The van der Waals surface area contributed by atoms with Gasteiger partial charge in [0.15, 0.2) is 0 Å². The first-order valence-corrected chi connectivity index (χ1v) is 3.26. The van der Waals surface area contributed by atoms with Crippen molar-refractivity contribution in [2.45, 2.75) is 12.8 Å². The van der Waals surface area contributed by atoms with Crippen LogP contribution in [0.25, 0.3) is 0 Å². The van der Waals surface area contributed by atoms with Crippen molar-refractivity contribution >= 4 is 6.08 Å². The van der Waals surface area contributed by atoms with Gasteiger partial charge in [0.2, 0.25) is 6.08 Å². The minimum absolute atomic E-state index is 0.448. The van der Waals surface area contributed by atoms with Crippen LogP contribution < -0.4 is 0 Å². The molecule has 0 radical (unpaired) electrons. The molecule has 0 aromatic rings. The van der Waals surface area contributed by atoms with Crippen LogP contribution in [-0.4, -0.2) is 19.2 Å². The molecule has 0 saturated carbocycles. The summed E-state index contributed by atoms with van der Waals surface area (Å²) in [4.78, 5) is 13.1. The molecule has 3 heteroatoms. The molecule has 0 aliphatic carbocycles. The van der Waals surface area contributed by atoms with E-state index in [1.54, 1.807) is 6.26 Å². The summed E-state index contributed by atoms with van der Waals surface area (Å²) in [5.41, 5.74) is 1.08. The third-order valence-electron chi connectivity index (χ3n) is 1.36. The first-order chi connectivity index (χ1) is 4.93. The molecule has 0 amide bonds. The largest absolute Gasteiger partial charge is 0.501 e. The lowest BCUT2D eigenvalue weighted by atomic mass is 10.1. The number of rotatable bonds is 2. The summed E-state index contributed by atoms with van der Waals surface area (Å²) in [5.74, 6) is 0. The number of hydrogen-bond acceptors (Lipinski definition) is 3. The average Bonchev–Trinajstić information content (AvgIpc) is 2.03. The van der Waals surface area contributed by atoms with Gasteiger partial charge in [-0.2, -0.15) is 0 Å². The molecule has 1 heterocycles. The Morgan fingerprint density at radius 1 is 1.80 bits per heavy atom. The van der Waals surface area contributed by atoms with Crippen LogP contribution >= 0.6 is 0 Å². The fourth-order valence-corrected chi connectivity index (χ4v) is 0.868. The topological polar surface area (TPSA) is 38.7 Å². The van der Waals surface area contributed by atoms with Gasteiger partial charge >= 0.3 is 0 Å². The van der Waals surface area contributed by atoms with Gasteiger partial charge in [-0.15, -0.1) is 0 Å². The van der Waals surface area contributed by atoms with Crippen LogP contribution in [0.3, 0.4) is 0 Å². The summed E-state index contributed by atoms with van der Waals surface area (Å²) >= 11 is 0. The number of aliphatic imine (C=N–C) groups is 1. The van der Waals surface area contributed by atoms with Gasteiger partial charge in [-0.05, 0) is 18.4 Å². The molecule has 3 nitrogen and oxygen atoms in total. The summed E-state index contributed by atoms with van der Waals surface area (Å²) in [6.07, 6.45) is 5.20. The van der Waals surface area contributed by atoms with Crippen LogP contribution in [0.2, 0.25) is 0 Å². The number of isocyanates is 1. The molecule has 1 aliphatic heterocycles. The fourth-order valence-electron chi connectivity index (χ4n) is 0.868. The molecule has 0 aromatic carbocycles. The molecule has 0 atom stereocenters. The van der Waals surface area contributed by atoms with Gasteiger partial charge in [0.05, 0.1) is 19.4 Å². The Hall–Kier alpha value is -1.08. The lowest BCUT2D eigenvalue weighted by molar-refractivity contribution is 0.224. The van der Waals surface area contributed by atoms with Crippen molar-refractivity contribution in [1.82, 2.24) is 0 Å². The van der Waals surface area contributed by atoms with E-state index in [0.717, 1.165) is 25.0 Å². The fraction of sp³-hybridized carbons (Fsp3) is 0.571. The zero-order chi connectivity index (χ0) is 7.23. The third-order valence-corrected chi connectivity index (χ3v) is 1.36. The van der Waals surface area contributed by atoms with E-state index in [2.05, 4.69) is 4.99 Å². The molecule has 10 heavy (non-hydrogen) atoms. The van der Waals surface area contributed by atoms with Crippen LogP contribution in [-0.2, 0) is 9.53 Å². The molecule has 0 spiro atoms. The molecule has 54 valence electrons. The number of ether oxygens (including phenoxy) is 1. The van der Waals surface area contributed by atoms with Crippen molar-refractivity contribution < 1.29 is 9.53 Å². The van der Waals surface area contributed by atoms with Gasteiger partial charge in [-0.3, -0.25) is 0 Å². The summed E-state index contributed by atoms with van der Waals surface area (Å²) < 4.78 is 5.03. The molecular weight excluding hydrogens is 130 g/mol. The Balaban J connectivity index is 2.38. The monoisotopic (exact) mass is 139 g/mol. The molecule has 1 aliphatic rings. The number of carbonyl (C=O) groups excluding carboxylic acids is 1. The van der Waals surface area contributed by atoms with Crippen LogP contribution in [0.5, 0.6) is 0 Å². The van der Waals surface area contributed by atoms with Crippen molar-refractivity contribution in [3.05, 3.63) is 11.8 Å². The SMILES string of the molecule is O=C=NCC1=COCCC1. The highest BCUT2D eigenvalue weighted by molar-refractivity contribution is 5.33. The van der Waals surface area contributed by atoms with Crippen molar-refractivity contribution in [3.8, 4) is 0 Å². The quantitative estimate of drug-likeness (QED) is 0.423. The van der Waals surface area contributed by atoms with Gasteiger partial charge in [-0.1, -0.05) is 0 Å². The summed E-state index contributed by atoms with van der Waals surface area (Å²) in [5, 5.41) is 0. The van der Waals surface area contributed by atoms with Crippen LogP contribution in [0.1, 0.15) is 12.8 Å². The Bertz CT molecular complexity index is 180. The first-order valence-electron chi connectivity index (χ1n) is 3.26. The summed E-state index contributed by atoms with van der Waals surface area (Å²) in [6.45, 7) is 1.23. The van der Waals surface area contributed by atoms with Crippen molar-refractivity contribution in [1.29, 1.82) is 0 Å². The van der Waals surface area contributed by atoms with Crippen molar-refractivity contribution in [2.24, 2.45) is 4.99 Å². The van der Waals surface area contributed by atoms with Crippen molar-refractivity contribution in [2.75, 3.05) is 13.2 Å². The van der Waals surface area contributed by atoms with Gasteiger partial charge < -0.3 is 4.74 Å². The Morgan fingerprint density at radius 3 is 3.30 bits per heavy atom. The van der Waals surface area contributed by atoms with Crippen LogP contribution in [0.15, 0.2) is 16.8 Å².